The topological polar surface area (TPSA) is 110 Å². The number of hydrogen-bond donors (Lipinski definition) is 0. The van der Waals surface area contributed by atoms with E-state index in [-0.39, 0.29) is 18.4 Å². The Morgan fingerprint density at radius 1 is 1.20 bits per heavy atom. The smallest absolute Gasteiger partial charge is 0.373 e. The summed E-state index contributed by atoms with van der Waals surface area (Å²) in [6, 6.07) is 8.17. The van der Waals surface area contributed by atoms with Crippen LogP contribution in [0, 0.1) is 0 Å². The number of esters is 2. The van der Waals surface area contributed by atoms with Gasteiger partial charge in [-0.3, -0.25) is 0 Å². The standard InChI is InChI=1S/C21H19N3O6/c1-12(2)24-19-15(10-22-24)14(9-16(23-19)17-5-4-8-28-17)20(25)29-11-13-6-7-18(30-13)21(26)27-3/h4-10,12H,11H2,1-3H3. The predicted octanol–water partition coefficient (Wildman–Crippen LogP) is 4.01. The second kappa shape index (κ2) is 7.86. The van der Waals surface area contributed by atoms with E-state index in [0.29, 0.717) is 33.8 Å². The summed E-state index contributed by atoms with van der Waals surface area (Å²) in [5.41, 5.74) is 1.35. The van der Waals surface area contributed by atoms with Gasteiger partial charge < -0.3 is 18.3 Å². The lowest BCUT2D eigenvalue weighted by Gasteiger charge is -2.09. The van der Waals surface area contributed by atoms with Gasteiger partial charge in [-0.15, -0.1) is 0 Å². The summed E-state index contributed by atoms with van der Waals surface area (Å²) in [7, 11) is 1.26. The minimum Gasteiger partial charge on any atom is -0.463 e. The molecular weight excluding hydrogens is 390 g/mol. The monoisotopic (exact) mass is 409 g/mol. The molecule has 0 aliphatic rings. The van der Waals surface area contributed by atoms with Gasteiger partial charge in [0.05, 0.1) is 30.5 Å². The maximum absolute atomic E-state index is 12.9. The fourth-order valence-electron chi connectivity index (χ4n) is 3.00. The first-order chi connectivity index (χ1) is 14.5. The van der Waals surface area contributed by atoms with E-state index in [1.807, 2.05) is 13.8 Å². The summed E-state index contributed by atoms with van der Waals surface area (Å²) in [6.07, 6.45) is 3.13. The second-order valence-corrected chi connectivity index (χ2v) is 6.79. The summed E-state index contributed by atoms with van der Waals surface area (Å²) < 4.78 is 22.5. The average Bonchev–Trinajstić information content (AvgIpc) is 3.50. The van der Waals surface area contributed by atoms with Gasteiger partial charge in [0.25, 0.3) is 0 Å². The Kier molecular flexibility index (Phi) is 5.09. The van der Waals surface area contributed by atoms with Gasteiger partial charge in [0.15, 0.2) is 11.4 Å². The molecule has 0 atom stereocenters. The normalized spacial score (nSPS) is 11.2. The molecule has 0 aliphatic carbocycles. The zero-order chi connectivity index (χ0) is 21.3. The highest BCUT2D eigenvalue weighted by atomic mass is 16.6. The number of nitrogens with zero attached hydrogens (tertiary/aromatic N) is 3. The van der Waals surface area contributed by atoms with Crippen molar-refractivity contribution >= 4 is 23.0 Å². The predicted molar refractivity (Wildman–Crippen MR) is 105 cm³/mol. The first-order valence-corrected chi connectivity index (χ1v) is 9.24. The Labute approximate surface area is 171 Å². The Hall–Kier alpha value is -3.88. The number of pyridine rings is 1. The summed E-state index contributed by atoms with van der Waals surface area (Å²) in [4.78, 5) is 29.0. The van der Waals surface area contributed by atoms with Crippen LogP contribution in [0.4, 0.5) is 0 Å². The SMILES string of the molecule is COC(=O)c1ccc(COC(=O)c2cc(-c3ccco3)nc3c2cnn3C(C)C)o1. The van der Waals surface area contributed by atoms with Crippen LogP contribution in [0.5, 0.6) is 0 Å². The number of furan rings is 2. The van der Waals surface area contributed by atoms with E-state index in [4.69, 9.17) is 13.6 Å². The number of aromatic nitrogens is 3. The van der Waals surface area contributed by atoms with Crippen molar-refractivity contribution in [3.05, 3.63) is 59.9 Å². The highest BCUT2D eigenvalue weighted by molar-refractivity contribution is 6.03. The third kappa shape index (κ3) is 3.57. The molecule has 9 nitrogen and oxygen atoms in total. The fourth-order valence-corrected chi connectivity index (χ4v) is 3.00. The molecule has 154 valence electrons. The van der Waals surface area contributed by atoms with Crippen molar-refractivity contribution < 1.29 is 27.9 Å². The molecular formula is C21H19N3O6. The van der Waals surface area contributed by atoms with Gasteiger partial charge >= 0.3 is 11.9 Å². The Bertz CT molecular complexity index is 1200. The number of hydrogen-bond acceptors (Lipinski definition) is 8. The molecule has 0 unspecified atom stereocenters. The van der Waals surface area contributed by atoms with Crippen LogP contribution in [0.25, 0.3) is 22.5 Å². The molecule has 9 heteroatoms. The van der Waals surface area contributed by atoms with E-state index in [2.05, 4.69) is 14.8 Å². The summed E-state index contributed by atoms with van der Waals surface area (Å²) >= 11 is 0. The maximum Gasteiger partial charge on any atom is 0.373 e. The zero-order valence-corrected chi connectivity index (χ0v) is 16.6. The van der Waals surface area contributed by atoms with Gasteiger partial charge in [0, 0.05) is 6.04 Å². The molecule has 0 aliphatic heterocycles. The molecule has 0 saturated carbocycles. The molecule has 0 radical (unpaired) electrons. The lowest BCUT2D eigenvalue weighted by atomic mass is 10.1. The first-order valence-electron chi connectivity index (χ1n) is 9.24. The van der Waals surface area contributed by atoms with Gasteiger partial charge in [-0.2, -0.15) is 5.10 Å². The van der Waals surface area contributed by atoms with Crippen molar-refractivity contribution in [2.75, 3.05) is 7.11 Å². The third-order valence-electron chi connectivity index (χ3n) is 4.44. The number of carbonyl (C=O) groups is 2. The van der Waals surface area contributed by atoms with E-state index < -0.39 is 11.9 Å². The molecule has 0 N–H and O–H groups in total. The first kappa shape index (κ1) is 19.4. The number of ether oxygens (including phenoxy) is 2. The molecule has 4 rings (SSSR count). The number of methoxy groups -OCH3 is 1. The second-order valence-electron chi connectivity index (χ2n) is 6.79. The molecule has 0 bridgehead atoms. The van der Waals surface area contributed by atoms with Crippen LogP contribution in [-0.4, -0.2) is 33.8 Å². The highest BCUT2D eigenvalue weighted by Gasteiger charge is 2.21. The van der Waals surface area contributed by atoms with Crippen LogP contribution in [0.2, 0.25) is 0 Å². The summed E-state index contributed by atoms with van der Waals surface area (Å²) in [5, 5.41) is 4.92. The molecule has 0 fully saturated rings. The fraction of sp³-hybridized carbons (Fsp3) is 0.238. The van der Waals surface area contributed by atoms with E-state index >= 15 is 0 Å². The van der Waals surface area contributed by atoms with Crippen molar-refractivity contribution in [1.82, 2.24) is 14.8 Å². The van der Waals surface area contributed by atoms with Gasteiger partial charge in [-0.1, -0.05) is 0 Å². The summed E-state index contributed by atoms with van der Waals surface area (Å²) in [5.74, 6) is -0.301. The van der Waals surface area contributed by atoms with E-state index in [1.165, 1.54) is 19.4 Å². The van der Waals surface area contributed by atoms with Crippen LogP contribution in [-0.2, 0) is 16.1 Å². The van der Waals surface area contributed by atoms with E-state index in [1.54, 1.807) is 35.1 Å². The summed E-state index contributed by atoms with van der Waals surface area (Å²) in [6.45, 7) is 3.80. The van der Waals surface area contributed by atoms with Crippen LogP contribution in [0.15, 0.2) is 51.6 Å². The third-order valence-corrected chi connectivity index (χ3v) is 4.44. The molecule has 30 heavy (non-hydrogen) atoms. The van der Waals surface area contributed by atoms with Crippen molar-refractivity contribution in [1.29, 1.82) is 0 Å². The van der Waals surface area contributed by atoms with Gasteiger partial charge in [0.2, 0.25) is 5.76 Å². The minimum atomic E-state index is -0.604. The molecule has 0 amide bonds. The van der Waals surface area contributed by atoms with E-state index in [9.17, 15) is 9.59 Å². The van der Waals surface area contributed by atoms with Gasteiger partial charge in [-0.05, 0) is 44.2 Å². The molecule has 0 spiro atoms. The van der Waals surface area contributed by atoms with Crippen LogP contribution in [0.1, 0.15) is 46.6 Å². The zero-order valence-electron chi connectivity index (χ0n) is 16.6. The number of carbonyl (C=O) groups excluding carboxylic acids is 2. The van der Waals surface area contributed by atoms with Crippen molar-refractivity contribution in [2.45, 2.75) is 26.5 Å². The number of fused-ring (bicyclic) bond motifs is 1. The molecule has 4 heterocycles. The Morgan fingerprint density at radius 2 is 2.03 bits per heavy atom. The van der Waals surface area contributed by atoms with Gasteiger partial charge in [-0.25, -0.2) is 19.3 Å². The highest BCUT2D eigenvalue weighted by Crippen LogP contribution is 2.27. The van der Waals surface area contributed by atoms with Crippen molar-refractivity contribution in [3.63, 3.8) is 0 Å². The van der Waals surface area contributed by atoms with Gasteiger partial charge in [0.1, 0.15) is 18.1 Å². The lowest BCUT2D eigenvalue weighted by Crippen LogP contribution is -2.08. The quantitative estimate of drug-likeness (QED) is 0.439. The lowest BCUT2D eigenvalue weighted by molar-refractivity contribution is 0.0440. The molecule has 4 aromatic rings. The van der Waals surface area contributed by atoms with Crippen LogP contribution >= 0.6 is 0 Å². The Balaban J connectivity index is 1.66. The minimum absolute atomic E-state index is 0.0353. The average molecular weight is 409 g/mol. The van der Waals surface area contributed by atoms with E-state index in [0.717, 1.165) is 0 Å². The van der Waals surface area contributed by atoms with Crippen molar-refractivity contribution in [3.8, 4) is 11.5 Å². The molecule has 4 aromatic heterocycles. The van der Waals surface area contributed by atoms with Crippen LogP contribution in [0.3, 0.4) is 0 Å². The Morgan fingerprint density at radius 3 is 2.73 bits per heavy atom. The molecule has 0 saturated heterocycles. The molecule has 0 aromatic carbocycles. The maximum atomic E-state index is 12.9. The van der Waals surface area contributed by atoms with Crippen molar-refractivity contribution in [2.24, 2.45) is 0 Å². The largest absolute Gasteiger partial charge is 0.463 e. The number of rotatable bonds is 6. The van der Waals surface area contributed by atoms with Crippen LogP contribution < -0.4 is 0 Å².